The van der Waals surface area contributed by atoms with E-state index in [9.17, 15) is 14.0 Å². The van der Waals surface area contributed by atoms with Gasteiger partial charge >= 0.3 is 0 Å². The topological polar surface area (TPSA) is 108 Å². The third kappa shape index (κ3) is 9.21. The summed E-state index contributed by atoms with van der Waals surface area (Å²) in [6.45, 7) is 3.83. The molecule has 0 saturated carbocycles. The van der Waals surface area contributed by atoms with Crippen molar-refractivity contribution in [1.29, 1.82) is 5.26 Å². The van der Waals surface area contributed by atoms with Gasteiger partial charge in [0.15, 0.2) is 0 Å². The van der Waals surface area contributed by atoms with E-state index < -0.39 is 5.82 Å². The molecule has 9 heteroatoms. The molecule has 0 aliphatic rings. The van der Waals surface area contributed by atoms with Crippen LogP contribution in [0.5, 0.6) is 0 Å². The van der Waals surface area contributed by atoms with Crippen LogP contribution in [0.15, 0.2) is 97.1 Å². The number of halogens is 1. The largest absolute Gasteiger partial charge is 0.397 e. The molecular weight excluding hydrogens is 556 g/mol. The zero-order chi connectivity index (χ0) is 29.8. The molecule has 0 fully saturated rings. The molecule has 0 saturated heterocycles. The number of thiophene rings is 1. The van der Waals surface area contributed by atoms with Crippen molar-refractivity contribution in [2.45, 2.75) is 13.8 Å². The van der Waals surface area contributed by atoms with E-state index in [4.69, 9.17) is 11.0 Å². The summed E-state index contributed by atoms with van der Waals surface area (Å²) in [7, 11) is 0. The second-order valence-corrected chi connectivity index (χ2v) is 10.2. The van der Waals surface area contributed by atoms with Crippen LogP contribution in [-0.2, 0) is 4.79 Å². The molecule has 1 aromatic heterocycles. The summed E-state index contributed by atoms with van der Waals surface area (Å²) in [4.78, 5) is 23.7. The summed E-state index contributed by atoms with van der Waals surface area (Å²) in [6, 6.07) is 30.9. The Hall–Kier alpha value is -4.65. The molecule has 0 bridgehead atoms. The summed E-state index contributed by atoms with van der Waals surface area (Å²) >= 11 is 5.26. The number of para-hydroxylation sites is 2. The number of hydrogen-bond donors (Lipinski definition) is 4. The molecule has 2 amide bonds. The number of nitriles is 1. The van der Waals surface area contributed by atoms with E-state index >= 15 is 0 Å². The van der Waals surface area contributed by atoms with Gasteiger partial charge in [-0.3, -0.25) is 9.59 Å². The number of aryl methyl sites for hydroxylation is 2. The number of nitrogens with two attached hydrogens (primary N) is 1. The third-order valence-electron chi connectivity index (χ3n) is 5.56. The molecule has 1 heterocycles. The molecule has 0 aliphatic carbocycles. The Balaban J connectivity index is 0.000000187. The van der Waals surface area contributed by atoms with E-state index in [1.165, 1.54) is 23.5 Å². The van der Waals surface area contributed by atoms with Crippen LogP contribution >= 0.6 is 24.0 Å². The van der Waals surface area contributed by atoms with E-state index in [1.807, 2.05) is 92.7 Å². The molecule has 0 atom stereocenters. The molecule has 5 rings (SSSR count). The van der Waals surface area contributed by atoms with Gasteiger partial charge in [0.2, 0.25) is 5.91 Å². The van der Waals surface area contributed by atoms with Crippen LogP contribution < -0.4 is 16.4 Å². The second kappa shape index (κ2) is 15.2. The molecule has 0 radical (unpaired) electrons. The third-order valence-corrected chi connectivity index (χ3v) is 7.04. The number of nitrogens with one attached hydrogen (secondary N) is 2. The number of benzene rings is 4. The minimum atomic E-state index is -0.451. The summed E-state index contributed by atoms with van der Waals surface area (Å²) < 4.78 is 13.6. The van der Waals surface area contributed by atoms with E-state index in [1.54, 1.807) is 12.1 Å². The van der Waals surface area contributed by atoms with Crippen molar-refractivity contribution in [2.75, 3.05) is 22.1 Å². The monoisotopic (exact) mass is 584 g/mol. The van der Waals surface area contributed by atoms with Crippen molar-refractivity contribution in [1.82, 2.24) is 0 Å². The molecule has 208 valence electrons. The first-order chi connectivity index (χ1) is 19.7. The Morgan fingerprint density at radius 3 is 2.00 bits per heavy atom. The number of carbonyl (C=O) groups is 2. The van der Waals surface area contributed by atoms with Gasteiger partial charge in [-0.15, -0.1) is 11.3 Å². The molecule has 6 nitrogen and oxygen atoms in total. The highest BCUT2D eigenvalue weighted by molar-refractivity contribution is 7.81. The quantitative estimate of drug-likeness (QED) is 0.163. The lowest BCUT2D eigenvalue weighted by Gasteiger charge is -2.03. The van der Waals surface area contributed by atoms with Gasteiger partial charge < -0.3 is 16.4 Å². The fourth-order valence-corrected chi connectivity index (χ4v) is 4.63. The Morgan fingerprint density at radius 1 is 0.878 bits per heavy atom. The standard InChI is InChI=1S/C16H14N2OS.C8H6FN.C8H9NOS/c1-10-7-8-13-12(9-10)14(17)15(20-13)16(19)18-11-5-3-2-4-6-11;1-6-2-3-8(9)7(4-6)5-10;10-8(6-11)9-7-4-2-1-3-5-7/h2-9H,17H2,1H3,(H,18,19);2-4H,1H3;1-5,11H,6H2,(H,9,10). The maximum Gasteiger partial charge on any atom is 0.267 e. The van der Waals surface area contributed by atoms with Gasteiger partial charge in [0.05, 0.1) is 17.0 Å². The second-order valence-electron chi connectivity index (χ2n) is 8.83. The van der Waals surface area contributed by atoms with Gasteiger partial charge in [-0.25, -0.2) is 4.39 Å². The van der Waals surface area contributed by atoms with Crippen molar-refractivity contribution in [3.8, 4) is 6.07 Å². The van der Waals surface area contributed by atoms with E-state index in [0.29, 0.717) is 10.6 Å². The Kier molecular flexibility index (Phi) is 11.5. The molecule has 0 unspecified atom stereocenters. The lowest BCUT2D eigenvalue weighted by molar-refractivity contribution is -0.113. The summed E-state index contributed by atoms with van der Waals surface area (Å²) in [5, 5.41) is 14.8. The molecular formula is C32H29FN4O2S2. The minimum Gasteiger partial charge on any atom is -0.397 e. The van der Waals surface area contributed by atoms with Gasteiger partial charge in [-0.05, 0) is 67.9 Å². The number of anilines is 3. The predicted octanol–water partition coefficient (Wildman–Crippen LogP) is 7.60. The highest BCUT2D eigenvalue weighted by Crippen LogP contribution is 2.34. The molecule has 41 heavy (non-hydrogen) atoms. The van der Waals surface area contributed by atoms with Gasteiger partial charge in [0.25, 0.3) is 5.91 Å². The zero-order valence-electron chi connectivity index (χ0n) is 22.5. The van der Waals surface area contributed by atoms with Crippen LogP contribution in [0.4, 0.5) is 21.5 Å². The van der Waals surface area contributed by atoms with Gasteiger partial charge in [0.1, 0.15) is 16.8 Å². The number of carbonyl (C=O) groups excluding carboxylic acids is 2. The van der Waals surface area contributed by atoms with E-state index in [2.05, 4.69) is 23.3 Å². The van der Waals surface area contributed by atoms with Crippen LogP contribution in [0, 0.1) is 31.0 Å². The number of fused-ring (bicyclic) bond motifs is 1. The molecule has 0 aliphatic heterocycles. The van der Waals surface area contributed by atoms with Crippen molar-refractivity contribution in [2.24, 2.45) is 0 Å². The molecule has 4 aromatic carbocycles. The summed E-state index contributed by atoms with van der Waals surface area (Å²) in [5.74, 6) is -0.477. The number of thiol groups is 1. The molecule has 4 N–H and O–H groups in total. The first-order valence-electron chi connectivity index (χ1n) is 12.5. The lowest BCUT2D eigenvalue weighted by atomic mass is 10.1. The lowest BCUT2D eigenvalue weighted by Crippen LogP contribution is -2.12. The van der Waals surface area contributed by atoms with Crippen LogP contribution in [0.25, 0.3) is 10.1 Å². The number of rotatable bonds is 4. The van der Waals surface area contributed by atoms with Crippen LogP contribution in [0.3, 0.4) is 0 Å². The zero-order valence-corrected chi connectivity index (χ0v) is 24.2. The summed E-state index contributed by atoms with van der Waals surface area (Å²) in [5.41, 5.74) is 10.4. The average Bonchev–Trinajstić information content (AvgIpc) is 3.31. The van der Waals surface area contributed by atoms with Gasteiger partial charge in [-0.1, -0.05) is 54.1 Å². The fraction of sp³-hybridized carbons (Fsp3) is 0.0938. The Labute approximate surface area is 248 Å². The first kappa shape index (κ1) is 30.9. The molecule has 0 spiro atoms. The van der Waals surface area contributed by atoms with Gasteiger partial charge in [0, 0.05) is 21.5 Å². The Morgan fingerprint density at radius 2 is 1.44 bits per heavy atom. The van der Waals surface area contributed by atoms with Crippen molar-refractivity contribution in [3.05, 3.63) is 124 Å². The highest BCUT2D eigenvalue weighted by atomic mass is 32.1. The number of nitrogen functional groups attached to an aromatic ring is 1. The average molecular weight is 585 g/mol. The fourth-order valence-electron chi connectivity index (χ4n) is 3.56. The van der Waals surface area contributed by atoms with Crippen LogP contribution in [-0.4, -0.2) is 17.6 Å². The molecule has 5 aromatic rings. The number of hydrogen-bond acceptors (Lipinski definition) is 6. The van der Waals surface area contributed by atoms with Crippen molar-refractivity contribution >= 4 is 62.9 Å². The van der Waals surface area contributed by atoms with Gasteiger partial charge in [-0.2, -0.15) is 17.9 Å². The smallest absolute Gasteiger partial charge is 0.267 e. The Bertz CT molecular complexity index is 1670. The van der Waals surface area contributed by atoms with Crippen molar-refractivity contribution in [3.63, 3.8) is 0 Å². The SMILES string of the molecule is Cc1ccc(F)c(C#N)c1.Cc1ccc2sc(C(=O)Nc3ccccc3)c(N)c2c1.O=C(CS)Nc1ccccc1. The first-order valence-corrected chi connectivity index (χ1v) is 13.9. The number of nitrogens with zero attached hydrogens (tertiary/aromatic N) is 1. The van der Waals surface area contributed by atoms with Crippen LogP contribution in [0.1, 0.15) is 26.4 Å². The normalized spacial score (nSPS) is 9.83. The van der Waals surface area contributed by atoms with Crippen molar-refractivity contribution < 1.29 is 14.0 Å². The minimum absolute atomic E-state index is 0.0838. The maximum absolute atomic E-state index is 12.5. The number of amides is 2. The highest BCUT2D eigenvalue weighted by Gasteiger charge is 2.16. The van der Waals surface area contributed by atoms with Crippen LogP contribution in [0.2, 0.25) is 0 Å². The van der Waals surface area contributed by atoms with E-state index in [0.717, 1.165) is 32.6 Å². The maximum atomic E-state index is 12.5. The summed E-state index contributed by atoms with van der Waals surface area (Å²) in [6.07, 6.45) is 0. The predicted molar refractivity (Wildman–Crippen MR) is 170 cm³/mol. The van der Waals surface area contributed by atoms with E-state index in [-0.39, 0.29) is 23.1 Å².